The molecule has 1 aromatic rings. The molecule has 0 fully saturated rings. The highest BCUT2D eigenvalue weighted by Crippen LogP contribution is 2.30. The molecule has 1 heterocycles. The monoisotopic (exact) mass is 299 g/mol. The molecule has 18 heavy (non-hydrogen) atoms. The number of hydrogen-bond donors (Lipinski definition) is 1. The number of hydrogen-bond acceptors (Lipinski definition) is 5. The number of aryl methyl sites for hydroxylation is 1. The number of carbonyl (C=O) groups excluding carboxylic acids is 1. The number of halogens is 2. The molecule has 9 heteroatoms. The van der Waals surface area contributed by atoms with E-state index in [9.17, 15) is 22.0 Å². The van der Waals surface area contributed by atoms with E-state index in [-0.39, 0.29) is 17.2 Å². The van der Waals surface area contributed by atoms with Crippen LogP contribution in [-0.2, 0) is 14.8 Å². The minimum Gasteiger partial charge on any atom is -0.462 e. The fraction of sp³-hybridized carbons (Fsp3) is 0.444. The summed E-state index contributed by atoms with van der Waals surface area (Å²) in [5, 5.41) is -0.161. The minimum atomic E-state index is -4.79. The van der Waals surface area contributed by atoms with Gasteiger partial charge in [-0.15, -0.1) is 11.3 Å². The Morgan fingerprint density at radius 3 is 2.67 bits per heavy atom. The van der Waals surface area contributed by atoms with Gasteiger partial charge in [-0.05, 0) is 19.9 Å². The third kappa shape index (κ3) is 3.39. The maximum absolute atomic E-state index is 12.2. The van der Waals surface area contributed by atoms with Crippen molar-refractivity contribution in [2.75, 3.05) is 11.3 Å². The van der Waals surface area contributed by atoms with Crippen LogP contribution in [0.2, 0.25) is 0 Å². The first-order chi connectivity index (χ1) is 8.27. The molecule has 0 spiro atoms. The molecule has 0 aliphatic carbocycles. The van der Waals surface area contributed by atoms with Crippen molar-refractivity contribution in [3.05, 3.63) is 16.5 Å². The Kier molecular flexibility index (Phi) is 4.63. The molecule has 0 bridgehead atoms. The third-order valence-corrected chi connectivity index (χ3v) is 3.87. The van der Waals surface area contributed by atoms with E-state index < -0.39 is 21.8 Å². The maximum Gasteiger partial charge on any atom is 0.355 e. The molecule has 1 aromatic heterocycles. The topological polar surface area (TPSA) is 72.5 Å². The van der Waals surface area contributed by atoms with E-state index in [0.717, 1.165) is 11.3 Å². The Morgan fingerprint density at radius 2 is 2.17 bits per heavy atom. The van der Waals surface area contributed by atoms with Crippen molar-refractivity contribution >= 4 is 32.3 Å². The highest BCUT2D eigenvalue weighted by atomic mass is 32.2. The van der Waals surface area contributed by atoms with Crippen LogP contribution < -0.4 is 4.72 Å². The maximum atomic E-state index is 12.2. The van der Waals surface area contributed by atoms with Crippen LogP contribution in [0, 0.1) is 6.92 Å². The van der Waals surface area contributed by atoms with Crippen molar-refractivity contribution in [1.82, 2.24) is 0 Å². The van der Waals surface area contributed by atoms with Crippen molar-refractivity contribution in [2.45, 2.75) is 19.6 Å². The van der Waals surface area contributed by atoms with Crippen LogP contribution in [0.3, 0.4) is 0 Å². The molecule has 1 rings (SSSR count). The molecule has 0 saturated heterocycles. The summed E-state index contributed by atoms with van der Waals surface area (Å²) < 4.78 is 52.9. The zero-order valence-corrected chi connectivity index (χ0v) is 11.2. The number of alkyl halides is 2. The van der Waals surface area contributed by atoms with E-state index in [4.69, 9.17) is 4.74 Å². The first-order valence-electron chi connectivity index (χ1n) is 4.85. The summed E-state index contributed by atoms with van der Waals surface area (Å²) in [6.45, 7) is 3.31. The van der Waals surface area contributed by atoms with Gasteiger partial charge in [0.1, 0.15) is 5.00 Å². The fourth-order valence-electron chi connectivity index (χ4n) is 1.12. The summed E-state index contributed by atoms with van der Waals surface area (Å²) >= 11 is 0.888. The standard InChI is InChI=1S/C9H11F2NO4S2/c1-3-16-8(13)6-4-5(2)17-7(6)12-18(14,15)9(10)11/h4,9,12H,3H2,1-2H3. The number of thiophene rings is 1. The van der Waals surface area contributed by atoms with E-state index >= 15 is 0 Å². The normalized spacial score (nSPS) is 11.6. The van der Waals surface area contributed by atoms with Gasteiger partial charge in [0.25, 0.3) is 10.0 Å². The van der Waals surface area contributed by atoms with Crippen LogP contribution in [0.25, 0.3) is 0 Å². The van der Waals surface area contributed by atoms with E-state index in [0.29, 0.717) is 4.88 Å². The SMILES string of the molecule is CCOC(=O)c1cc(C)sc1NS(=O)(=O)C(F)F. The Labute approximate surface area is 107 Å². The van der Waals surface area contributed by atoms with Gasteiger partial charge in [0, 0.05) is 4.88 Å². The molecule has 0 amide bonds. The first-order valence-corrected chi connectivity index (χ1v) is 7.21. The van der Waals surface area contributed by atoms with E-state index in [1.54, 1.807) is 18.6 Å². The molecular formula is C9H11F2NO4S2. The lowest BCUT2D eigenvalue weighted by Gasteiger charge is -2.07. The fourth-order valence-corrected chi connectivity index (χ4v) is 2.85. The Bertz CT molecular complexity index is 539. The van der Waals surface area contributed by atoms with Gasteiger partial charge < -0.3 is 4.74 Å². The van der Waals surface area contributed by atoms with Crippen molar-refractivity contribution < 1.29 is 26.7 Å². The van der Waals surface area contributed by atoms with Crippen LogP contribution in [-0.4, -0.2) is 26.8 Å². The summed E-state index contributed by atoms with van der Waals surface area (Å²) in [5.74, 6) is -4.32. The Balaban J connectivity index is 3.07. The molecule has 0 saturated carbocycles. The summed E-state index contributed by atoms with van der Waals surface area (Å²) in [5.41, 5.74) is -0.0661. The van der Waals surface area contributed by atoms with Gasteiger partial charge >= 0.3 is 11.7 Å². The predicted molar refractivity (Wildman–Crippen MR) is 63.6 cm³/mol. The highest BCUT2D eigenvalue weighted by Gasteiger charge is 2.27. The van der Waals surface area contributed by atoms with Gasteiger partial charge in [-0.1, -0.05) is 0 Å². The Morgan fingerprint density at radius 1 is 1.56 bits per heavy atom. The first kappa shape index (κ1) is 14.8. The van der Waals surface area contributed by atoms with Gasteiger partial charge in [0.2, 0.25) is 0 Å². The smallest absolute Gasteiger partial charge is 0.355 e. The third-order valence-electron chi connectivity index (χ3n) is 1.82. The molecule has 0 unspecified atom stereocenters. The number of nitrogens with one attached hydrogen (secondary N) is 1. The van der Waals surface area contributed by atoms with Crippen LogP contribution in [0.15, 0.2) is 6.07 Å². The Hall–Kier alpha value is -1.22. The average molecular weight is 299 g/mol. The van der Waals surface area contributed by atoms with Crippen LogP contribution in [0.5, 0.6) is 0 Å². The number of ether oxygens (including phenoxy) is 1. The van der Waals surface area contributed by atoms with Crippen molar-refractivity contribution in [2.24, 2.45) is 0 Å². The van der Waals surface area contributed by atoms with Gasteiger partial charge in [0.05, 0.1) is 12.2 Å². The molecule has 0 atom stereocenters. The summed E-state index contributed by atoms with van der Waals surface area (Å²) in [6.07, 6.45) is 0. The van der Waals surface area contributed by atoms with E-state index in [1.807, 2.05) is 0 Å². The molecule has 102 valence electrons. The summed E-state index contributed by atoms with van der Waals surface area (Å²) in [4.78, 5) is 12.1. The van der Waals surface area contributed by atoms with Crippen LogP contribution in [0.1, 0.15) is 22.2 Å². The molecule has 0 aliphatic heterocycles. The van der Waals surface area contributed by atoms with Gasteiger partial charge in [0.15, 0.2) is 0 Å². The molecule has 5 nitrogen and oxygen atoms in total. The number of anilines is 1. The minimum absolute atomic E-state index is 0.0661. The summed E-state index contributed by atoms with van der Waals surface area (Å²) in [6, 6.07) is 1.38. The quantitative estimate of drug-likeness (QED) is 0.846. The van der Waals surface area contributed by atoms with Crippen molar-refractivity contribution in [3.8, 4) is 0 Å². The lowest BCUT2D eigenvalue weighted by molar-refractivity contribution is 0.0528. The lowest BCUT2D eigenvalue weighted by atomic mass is 10.3. The molecule has 0 aliphatic rings. The lowest BCUT2D eigenvalue weighted by Crippen LogP contribution is -2.21. The zero-order chi connectivity index (χ0) is 13.9. The molecule has 0 radical (unpaired) electrons. The summed E-state index contributed by atoms with van der Waals surface area (Å²) in [7, 11) is -4.79. The van der Waals surface area contributed by atoms with Crippen molar-refractivity contribution in [3.63, 3.8) is 0 Å². The molecular weight excluding hydrogens is 288 g/mol. The second-order valence-electron chi connectivity index (χ2n) is 3.23. The van der Waals surface area contributed by atoms with Gasteiger partial charge in [-0.25, -0.2) is 13.2 Å². The molecule has 1 N–H and O–H groups in total. The molecule has 0 aromatic carbocycles. The van der Waals surface area contributed by atoms with Crippen LogP contribution in [0.4, 0.5) is 13.8 Å². The predicted octanol–water partition coefficient (Wildman–Crippen LogP) is 2.20. The zero-order valence-electron chi connectivity index (χ0n) is 9.57. The van der Waals surface area contributed by atoms with Gasteiger partial charge in [-0.3, -0.25) is 4.72 Å². The number of rotatable bonds is 5. The highest BCUT2D eigenvalue weighted by molar-refractivity contribution is 7.93. The number of carbonyl (C=O) groups is 1. The number of sulfonamides is 1. The average Bonchev–Trinajstić information content (AvgIpc) is 2.58. The van der Waals surface area contributed by atoms with E-state index in [1.165, 1.54) is 6.07 Å². The van der Waals surface area contributed by atoms with Crippen molar-refractivity contribution in [1.29, 1.82) is 0 Å². The number of esters is 1. The second-order valence-corrected chi connectivity index (χ2v) is 6.13. The van der Waals surface area contributed by atoms with E-state index in [2.05, 4.69) is 0 Å². The van der Waals surface area contributed by atoms with Crippen LogP contribution >= 0.6 is 11.3 Å². The second kappa shape index (κ2) is 5.61. The van der Waals surface area contributed by atoms with Gasteiger partial charge in [-0.2, -0.15) is 8.78 Å². The largest absolute Gasteiger partial charge is 0.462 e.